The molecule has 0 spiro atoms. The van der Waals surface area contributed by atoms with E-state index in [1.54, 1.807) is 0 Å². The normalized spacial score (nSPS) is 12.1. The zero-order chi connectivity index (χ0) is 21.6. The standard InChI is InChI=1S/C27H26ClNO2/c1-3-24(21-11-14-25-22(17-21)18-26(28)31-25)27(19-7-5-4-6-8-19)20-9-12-23(13-10-20)30-16-15-29-2/h4-14,17-18,29H,3,15-16H2,1-2H3/b27-24+. The Hall–Kier alpha value is -3.01. The highest BCUT2D eigenvalue weighted by atomic mass is 35.5. The van der Waals surface area contributed by atoms with Crippen molar-refractivity contribution in [2.24, 2.45) is 0 Å². The average molecular weight is 432 g/mol. The Morgan fingerprint density at radius 3 is 2.32 bits per heavy atom. The van der Waals surface area contributed by atoms with Crippen molar-refractivity contribution in [1.29, 1.82) is 0 Å². The van der Waals surface area contributed by atoms with Crippen LogP contribution in [0.3, 0.4) is 0 Å². The molecule has 0 saturated heterocycles. The monoisotopic (exact) mass is 431 g/mol. The Bertz CT molecular complexity index is 1180. The number of furan rings is 1. The quantitative estimate of drug-likeness (QED) is 0.239. The van der Waals surface area contributed by atoms with Crippen molar-refractivity contribution in [3.8, 4) is 5.75 Å². The Labute approximate surface area is 188 Å². The van der Waals surface area contributed by atoms with Crippen LogP contribution in [-0.4, -0.2) is 20.2 Å². The highest BCUT2D eigenvalue weighted by Crippen LogP contribution is 2.36. The van der Waals surface area contributed by atoms with Crippen LogP contribution in [0.2, 0.25) is 5.22 Å². The van der Waals surface area contributed by atoms with E-state index in [0.29, 0.717) is 11.8 Å². The van der Waals surface area contributed by atoms with Crippen LogP contribution in [0.5, 0.6) is 5.75 Å². The molecule has 0 aliphatic rings. The molecule has 0 aliphatic heterocycles. The molecule has 0 atom stereocenters. The highest BCUT2D eigenvalue weighted by Gasteiger charge is 2.14. The molecule has 0 amide bonds. The molecule has 0 unspecified atom stereocenters. The first-order valence-corrected chi connectivity index (χ1v) is 10.9. The summed E-state index contributed by atoms with van der Waals surface area (Å²) in [6, 6.07) is 27.0. The van der Waals surface area contributed by atoms with Gasteiger partial charge in [0.15, 0.2) is 5.22 Å². The molecule has 1 N–H and O–H groups in total. The van der Waals surface area contributed by atoms with E-state index in [2.05, 4.69) is 60.8 Å². The molecular weight excluding hydrogens is 406 g/mol. The summed E-state index contributed by atoms with van der Waals surface area (Å²) in [4.78, 5) is 0. The van der Waals surface area contributed by atoms with Crippen LogP contribution < -0.4 is 10.1 Å². The second-order valence-electron chi connectivity index (χ2n) is 7.35. The lowest BCUT2D eigenvalue weighted by atomic mass is 9.88. The first-order valence-electron chi connectivity index (χ1n) is 10.6. The number of likely N-dealkylation sites (N-methyl/N-ethyl adjacent to an activating group) is 1. The molecule has 0 saturated carbocycles. The van der Waals surface area contributed by atoms with E-state index in [0.717, 1.165) is 35.2 Å². The number of nitrogens with one attached hydrogen (secondary N) is 1. The molecule has 1 heterocycles. The Balaban J connectivity index is 1.81. The summed E-state index contributed by atoms with van der Waals surface area (Å²) in [7, 11) is 1.92. The van der Waals surface area contributed by atoms with E-state index >= 15 is 0 Å². The molecular formula is C27H26ClNO2. The molecule has 4 aromatic rings. The minimum atomic E-state index is 0.409. The highest BCUT2D eigenvalue weighted by molar-refractivity contribution is 6.29. The van der Waals surface area contributed by atoms with Crippen molar-refractivity contribution >= 4 is 33.7 Å². The van der Waals surface area contributed by atoms with Crippen LogP contribution in [0.15, 0.2) is 83.3 Å². The lowest BCUT2D eigenvalue weighted by Crippen LogP contribution is -2.15. The number of rotatable bonds is 8. The number of hydrogen-bond donors (Lipinski definition) is 1. The second kappa shape index (κ2) is 9.86. The smallest absolute Gasteiger partial charge is 0.194 e. The van der Waals surface area contributed by atoms with Gasteiger partial charge in [-0.25, -0.2) is 0 Å². The number of hydrogen-bond acceptors (Lipinski definition) is 3. The molecule has 4 heteroatoms. The maximum Gasteiger partial charge on any atom is 0.194 e. The van der Waals surface area contributed by atoms with Crippen molar-refractivity contribution in [2.75, 3.05) is 20.2 Å². The van der Waals surface area contributed by atoms with Gasteiger partial charge in [0, 0.05) is 18.0 Å². The number of benzene rings is 3. The fourth-order valence-electron chi connectivity index (χ4n) is 3.83. The van der Waals surface area contributed by atoms with E-state index in [1.807, 2.05) is 37.4 Å². The zero-order valence-electron chi connectivity index (χ0n) is 17.8. The molecule has 3 aromatic carbocycles. The number of allylic oxidation sites excluding steroid dienone is 1. The Morgan fingerprint density at radius 2 is 1.61 bits per heavy atom. The van der Waals surface area contributed by atoms with Crippen LogP contribution in [0.1, 0.15) is 30.0 Å². The van der Waals surface area contributed by atoms with Crippen LogP contribution in [0, 0.1) is 0 Å². The second-order valence-corrected chi connectivity index (χ2v) is 7.73. The van der Waals surface area contributed by atoms with Crippen LogP contribution in [0.25, 0.3) is 22.1 Å². The SMILES string of the molecule is CC/C(=C(/c1ccccc1)c1ccc(OCCNC)cc1)c1ccc2oc(Cl)cc2c1. The molecule has 158 valence electrons. The van der Waals surface area contributed by atoms with E-state index in [9.17, 15) is 0 Å². The number of ether oxygens (including phenoxy) is 1. The summed E-state index contributed by atoms with van der Waals surface area (Å²) in [5.41, 5.74) is 6.81. The molecule has 3 nitrogen and oxygen atoms in total. The first kappa shape index (κ1) is 21.2. The third-order valence-electron chi connectivity index (χ3n) is 5.32. The number of halogens is 1. The van der Waals surface area contributed by atoms with Crippen molar-refractivity contribution in [1.82, 2.24) is 5.32 Å². The van der Waals surface area contributed by atoms with E-state index < -0.39 is 0 Å². The summed E-state index contributed by atoms with van der Waals surface area (Å²) >= 11 is 6.07. The van der Waals surface area contributed by atoms with Gasteiger partial charge in [-0.2, -0.15) is 0 Å². The topological polar surface area (TPSA) is 34.4 Å². The minimum Gasteiger partial charge on any atom is -0.492 e. The summed E-state index contributed by atoms with van der Waals surface area (Å²) in [5, 5.41) is 4.51. The third-order valence-corrected chi connectivity index (χ3v) is 5.50. The van der Waals surface area contributed by atoms with Crippen molar-refractivity contribution in [3.63, 3.8) is 0 Å². The lowest BCUT2D eigenvalue weighted by Gasteiger charge is -2.17. The largest absolute Gasteiger partial charge is 0.492 e. The van der Waals surface area contributed by atoms with E-state index in [-0.39, 0.29) is 0 Å². The molecule has 0 aliphatic carbocycles. The fourth-order valence-corrected chi connectivity index (χ4v) is 4.03. The summed E-state index contributed by atoms with van der Waals surface area (Å²) in [6.45, 7) is 3.65. The van der Waals surface area contributed by atoms with E-state index in [4.69, 9.17) is 20.8 Å². The van der Waals surface area contributed by atoms with Gasteiger partial charge in [0.1, 0.15) is 17.9 Å². The molecule has 0 fully saturated rings. The molecule has 1 aromatic heterocycles. The van der Waals surface area contributed by atoms with Gasteiger partial charge in [0.05, 0.1) is 0 Å². The minimum absolute atomic E-state index is 0.409. The predicted octanol–water partition coefficient (Wildman–Crippen LogP) is 7.05. The van der Waals surface area contributed by atoms with Crippen molar-refractivity contribution < 1.29 is 9.15 Å². The Kier molecular flexibility index (Phi) is 6.76. The molecule has 4 rings (SSSR count). The predicted molar refractivity (Wildman–Crippen MR) is 130 cm³/mol. The fraction of sp³-hybridized carbons (Fsp3) is 0.185. The maximum absolute atomic E-state index is 6.07. The van der Waals surface area contributed by atoms with Gasteiger partial charge in [-0.3, -0.25) is 0 Å². The molecule has 31 heavy (non-hydrogen) atoms. The molecule has 0 bridgehead atoms. The van der Waals surface area contributed by atoms with Crippen LogP contribution in [0.4, 0.5) is 0 Å². The summed E-state index contributed by atoms with van der Waals surface area (Å²) in [5.74, 6) is 0.874. The van der Waals surface area contributed by atoms with E-state index in [1.165, 1.54) is 22.3 Å². The van der Waals surface area contributed by atoms with Gasteiger partial charge in [-0.15, -0.1) is 0 Å². The van der Waals surface area contributed by atoms with Crippen LogP contribution in [-0.2, 0) is 0 Å². The van der Waals surface area contributed by atoms with Gasteiger partial charge in [-0.1, -0.05) is 55.5 Å². The Morgan fingerprint density at radius 1 is 0.903 bits per heavy atom. The third kappa shape index (κ3) is 4.84. The number of fused-ring (bicyclic) bond motifs is 1. The van der Waals surface area contributed by atoms with Crippen LogP contribution >= 0.6 is 11.6 Å². The maximum atomic E-state index is 6.07. The van der Waals surface area contributed by atoms with Gasteiger partial charge in [0.2, 0.25) is 0 Å². The lowest BCUT2D eigenvalue weighted by molar-refractivity contribution is 0.318. The van der Waals surface area contributed by atoms with Gasteiger partial charge in [-0.05, 0) is 77.2 Å². The zero-order valence-corrected chi connectivity index (χ0v) is 18.6. The van der Waals surface area contributed by atoms with Crippen molar-refractivity contribution in [3.05, 3.63) is 101 Å². The first-order chi connectivity index (χ1) is 15.2. The average Bonchev–Trinajstić information content (AvgIpc) is 3.18. The van der Waals surface area contributed by atoms with Gasteiger partial charge < -0.3 is 14.5 Å². The molecule has 0 radical (unpaired) electrons. The van der Waals surface area contributed by atoms with Crippen molar-refractivity contribution in [2.45, 2.75) is 13.3 Å². The summed E-state index contributed by atoms with van der Waals surface area (Å²) in [6.07, 6.45) is 0.891. The van der Waals surface area contributed by atoms with Gasteiger partial charge >= 0.3 is 0 Å². The summed E-state index contributed by atoms with van der Waals surface area (Å²) < 4.78 is 11.4. The van der Waals surface area contributed by atoms with Gasteiger partial charge in [0.25, 0.3) is 0 Å².